The Bertz CT molecular complexity index is 825. The SMILES string of the molecule is CCc1nn(C)cc1NC(C)c1ccc(Oc2ccc(Cl)cc2)cc1. The van der Waals surface area contributed by atoms with Crippen molar-refractivity contribution < 1.29 is 4.74 Å². The second kappa shape index (κ2) is 7.62. The molecule has 0 spiro atoms. The standard InChI is InChI=1S/C20H22ClN3O/c1-4-19-20(13-24(3)23-19)22-14(2)15-5-9-17(10-6-15)25-18-11-7-16(21)8-12-18/h5-14,22H,4H2,1-3H3. The van der Waals surface area contributed by atoms with Crippen LogP contribution in [0.5, 0.6) is 11.5 Å². The molecule has 130 valence electrons. The van der Waals surface area contributed by atoms with Gasteiger partial charge in [-0.2, -0.15) is 5.10 Å². The molecule has 1 heterocycles. The van der Waals surface area contributed by atoms with Gasteiger partial charge >= 0.3 is 0 Å². The van der Waals surface area contributed by atoms with Crippen LogP contribution in [0.25, 0.3) is 0 Å². The van der Waals surface area contributed by atoms with Crippen LogP contribution in [0, 0.1) is 0 Å². The lowest BCUT2D eigenvalue weighted by molar-refractivity contribution is 0.482. The average Bonchev–Trinajstić information content (AvgIpc) is 2.97. The fourth-order valence-electron chi connectivity index (χ4n) is 2.70. The molecule has 5 heteroatoms. The van der Waals surface area contributed by atoms with Crippen LogP contribution in [0.2, 0.25) is 5.02 Å². The van der Waals surface area contributed by atoms with Crippen molar-refractivity contribution in [3.05, 3.63) is 71.0 Å². The number of hydrogen-bond acceptors (Lipinski definition) is 3. The molecule has 4 nitrogen and oxygen atoms in total. The smallest absolute Gasteiger partial charge is 0.127 e. The summed E-state index contributed by atoms with van der Waals surface area (Å²) in [5.74, 6) is 1.57. The third-order valence-corrected chi connectivity index (χ3v) is 4.29. The van der Waals surface area contributed by atoms with Gasteiger partial charge in [-0.15, -0.1) is 0 Å². The van der Waals surface area contributed by atoms with E-state index in [4.69, 9.17) is 16.3 Å². The Morgan fingerprint density at radius 3 is 2.28 bits per heavy atom. The van der Waals surface area contributed by atoms with Crippen LogP contribution in [-0.4, -0.2) is 9.78 Å². The normalized spacial score (nSPS) is 12.0. The Kier molecular flexibility index (Phi) is 5.29. The lowest BCUT2D eigenvalue weighted by atomic mass is 10.1. The molecule has 0 saturated heterocycles. The highest BCUT2D eigenvalue weighted by Crippen LogP contribution is 2.26. The molecule has 0 aliphatic carbocycles. The number of ether oxygens (including phenoxy) is 1. The first-order valence-electron chi connectivity index (χ1n) is 8.37. The van der Waals surface area contributed by atoms with E-state index in [1.54, 1.807) is 0 Å². The van der Waals surface area contributed by atoms with Crippen LogP contribution < -0.4 is 10.1 Å². The van der Waals surface area contributed by atoms with Gasteiger partial charge in [-0.3, -0.25) is 4.68 Å². The van der Waals surface area contributed by atoms with E-state index < -0.39 is 0 Å². The maximum absolute atomic E-state index is 5.89. The molecule has 1 aromatic heterocycles. The maximum atomic E-state index is 5.89. The van der Waals surface area contributed by atoms with E-state index in [1.165, 1.54) is 5.56 Å². The van der Waals surface area contributed by atoms with Gasteiger partial charge in [0.1, 0.15) is 11.5 Å². The summed E-state index contributed by atoms with van der Waals surface area (Å²) in [6, 6.07) is 15.6. The Morgan fingerprint density at radius 1 is 1.08 bits per heavy atom. The van der Waals surface area contributed by atoms with E-state index in [1.807, 2.05) is 54.3 Å². The molecule has 0 bridgehead atoms. The quantitative estimate of drug-likeness (QED) is 0.625. The van der Waals surface area contributed by atoms with Crippen molar-refractivity contribution in [3.8, 4) is 11.5 Å². The molecule has 0 fully saturated rings. The number of hydrogen-bond donors (Lipinski definition) is 1. The molecule has 0 aliphatic rings. The molecule has 0 amide bonds. The van der Waals surface area contributed by atoms with Crippen LogP contribution in [0.3, 0.4) is 0 Å². The summed E-state index contributed by atoms with van der Waals surface area (Å²) >= 11 is 5.89. The molecule has 0 aliphatic heterocycles. The summed E-state index contributed by atoms with van der Waals surface area (Å²) in [5.41, 5.74) is 3.35. The number of nitrogens with zero attached hydrogens (tertiary/aromatic N) is 2. The lowest BCUT2D eigenvalue weighted by Gasteiger charge is -2.16. The van der Waals surface area contributed by atoms with E-state index in [2.05, 4.69) is 36.4 Å². The van der Waals surface area contributed by atoms with Crippen LogP contribution in [-0.2, 0) is 13.5 Å². The topological polar surface area (TPSA) is 39.1 Å². The predicted octanol–water partition coefficient (Wildman–Crippen LogP) is 5.60. The average molecular weight is 356 g/mol. The summed E-state index contributed by atoms with van der Waals surface area (Å²) in [5, 5.41) is 8.70. The molecule has 1 N–H and O–H groups in total. The van der Waals surface area contributed by atoms with Crippen LogP contribution in [0.4, 0.5) is 5.69 Å². The molecular weight excluding hydrogens is 334 g/mol. The molecular formula is C20H22ClN3O. The first kappa shape index (κ1) is 17.4. The second-order valence-corrected chi connectivity index (χ2v) is 6.44. The number of aromatic nitrogens is 2. The van der Waals surface area contributed by atoms with Crippen LogP contribution >= 0.6 is 11.6 Å². The Balaban J connectivity index is 1.67. The number of anilines is 1. The fourth-order valence-corrected chi connectivity index (χ4v) is 2.82. The lowest BCUT2D eigenvalue weighted by Crippen LogP contribution is -2.07. The summed E-state index contributed by atoms with van der Waals surface area (Å²) in [7, 11) is 1.94. The second-order valence-electron chi connectivity index (χ2n) is 6.01. The fraction of sp³-hybridized carbons (Fsp3) is 0.250. The van der Waals surface area contributed by atoms with Crippen LogP contribution in [0.15, 0.2) is 54.7 Å². The number of nitrogens with one attached hydrogen (secondary N) is 1. The zero-order valence-corrected chi connectivity index (χ0v) is 15.4. The van der Waals surface area contributed by atoms with E-state index in [0.29, 0.717) is 5.02 Å². The van der Waals surface area contributed by atoms with Gasteiger partial charge < -0.3 is 10.1 Å². The van der Waals surface area contributed by atoms with Gasteiger partial charge in [-0.25, -0.2) is 0 Å². The summed E-state index contributed by atoms with van der Waals surface area (Å²) in [6.07, 6.45) is 2.93. The van der Waals surface area contributed by atoms with Crippen molar-refractivity contribution in [2.75, 3.05) is 5.32 Å². The van der Waals surface area contributed by atoms with E-state index in [-0.39, 0.29) is 6.04 Å². The first-order valence-corrected chi connectivity index (χ1v) is 8.75. The summed E-state index contributed by atoms with van der Waals surface area (Å²) < 4.78 is 7.68. The van der Waals surface area contributed by atoms with Gasteiger partial charge in [0.15, 0.2) is 0 Å². The van der Waals surface area contributed by atoms with Gasteiger partial charge in [0.05, 0.1) is 11.4 Å². The highest BCUT2D eigenvalue weighted by molar-refractivity contribution is 6.30. The van der Waals surface area contributed by atoms with Crippen molar-refractivity contribution in [2.24, 2.45) is 7.05 Å². The van der Waals surface area contributed by atoms with Crippen molar-refractivity contribution in [1.29, 1.82) is 0 Å². The van der Waals surface area contributed by atoms with E-state index in [9.17, 15) is 0 Å². The molecule has 25 heavy (non-hydrogen) atoms. The number of halogens is 1. The molecule has 0 saturated carbocycles. The van der Waals surface area contributed by atoms with Gasteiger partial charge in [-0.1, -0.05) is 30.7 Å². The molecule has 3 rings (SSSR count). The van der Waals surface area contributed by atoms with Crippen molar-refractivity contribution in [1.82, 2.24) is 9.78 Å². The van der Waals surface area contributed by atoms with Crippen molar-refractivity contribution in [2.45, 2.75) is 26.3 Å². The molecule has 1 unspecified atom stereocenters. The first-order chi connectivity index (χ1) is 12.0. The maximum Gasteiger partial charge on any atom is 0.127 e. The Labute approximate surface area is 153 Å². The third-order valence-electron chi connectivity index (χ3n) is 4.04. The Morgan fingerprint density at radius 2 is 1.68 bits per heavy atom. The zero-order valence-electron chi connectivity index (χ0n) is 14.7. The largest absolute Gasteiger partial charge is 0.457 e. The number of aryl methyl sites for hydroxylation is 2. The van der Waals surface area contributed by atoms with Gasteiger partial charge in [-0.05, 0) is 55.3 Å². The van der Waals surface area contributed by atoms with E-state index >= 15 is 0 Å². The number of benzene rings is 2. The van der Waals surface area contributed by atoms with Gasteiger partial charge in [0.2, 0.25) is 0 Å². The van der Waals surface area contributed by atoms with Crippen LogP contribution in [0.1, 0.15) is 31.1 Å². The highest BCUT2D eigenvalue weighted by Gasteiger charge is 2.11. The number of rotatable bonds is 6. The van der Waals surface area contributed by atoms with Gasteiger partial charge in [0, 0.05) is 24.3 Å². The minimum Gasteiger partial charge on any atom is -0.457 e. The Hall–Kier alpha value is -2.46. The van der Waals surface area contributed by atoms with Crippen molar-refractivity contribution >= 4 is 17.3 Å². The molecule has 2 aromatic carbocycles. The summed E-state index contributed by atoms with van der Waals surface area (Å²) in [6.45, 7) is 4.25. The minimum atomic E-state index is 0.180. The molecule has 3 aromatic rings. The van der Waals surface area contributed by atoms with Gasteiger partial charge in [0.25, 0.3) is 0 Å². The minimum absolute atomic E-state index is 0.180. The molecule has 1 atom stereocenters. The highest BCUT2D eigenvalue weighted by atomic mass is 35.5. The van der Waals surface area contributed by atoms with E-state index in [0.717, 1.165) is 29.3 Å². The molecule has 0 radical (unpaired) electrons. The van der Waals surface area contributed by atoms with Crippen molar-refractivity contribution in [3.63, 3.8) is 0 Å². The zero-order chi connectivity index (χ0) is 17.8. The summed E-state index contributed by atoms with van der Waals surface area (Å²) in [4.78, 5) is 0. The predicted molar refractivity (Wildman–Crippen MR) is 103 cm³/mol. The third kappa shape index (κ3) is 4.34. The monoisotopic (exact) mass is 355 g/mol.